The fourth-order valence-electron chi connectivity index (χ4n) is 3.52. The molecule has 3 atom stereocenters. The second kappa shape index (κ2) is 3.95. The molecule has 3 rings (SSSR count). The number of esters is 1. The Morgan fingerprint density at radius 1 is 1.53 bits per heavy atom. The predicted molar refractivity (Wildman–Crippen MR) is 70.2 cm³/mol. The van der Waals surface area contributed by atoms with Crippen LogP contribution in [0.1, 0.15) is 39.5 Å². The third-order valence-electron chi connectivity index (χ3n) is 4.69. The van der Waals surface area contributed by atoms with Crippen molar-refractivity contribution in [3.8, 4) is 0 Å². The van der Waals surface area contributed by atoms with Crippen molar-refractivity contribution in [3.63, 3.8) is 0 Å². The van der Waals surface area contributed by atoms with Gasteiger partial charge < -0.3 is 10.1 Å². The van der Waals surface area contributed by atoms with Crippen molar-refractivity contribution in [3.05, 3.63) is 23.8 Å². The molecule has 4 nitrogen and oxygen atoms in total. The van der Waals surface area contributed by atoms with Crippen LogP contribution in [0, 0.1) is 5.92 Å². The molecule has 1 aliphatic carbocycles. The number of nitrogens with one attached hydrogen (secondary N) is 1. The highest BCUT2D eigenvalue weighted by Gasteiger charge is 2.75. The van der Waals surface area contributed by atoms with E-state index in [1.54, 1.807) is 0 Å². The van der Waals surface area contributed by atoms with Gasteiger partial charge in [0.1, 0.15) is 0 Å². The molecule has 1 N–H and O–H groups in total. The summed E-state index contributed by atoms with van der Waals surface area (Å²) >= 11 is 0. The molecule has 0 aromatic heterocycles. The van der Waals surface area contributed by atoms with E-state index >= 15 is 0 Å². The zero-order valence-electron chi connectivity index (χ0n) is 11.4. The van der Waals surface area contributed by atoms with Crippen LogP contribution in [0.2, 0.25) is 0 Å². The van der Waals surface area contributed by atoms with Gasteiger partial charge >= 0.3 is 5.97 Å². The molecule has 4 heteroatoms. The van der Waals surface area contributed by atoms with E-state index in [2.05, 4.69) is 17.5 Å². The summed E-state index contributed by atoms with van der Waals surface area (Å²) in [5.74, 6) is -0.659. The first-order chi connectivity index (χ1) is 9.03. The highest BCUT2D eigenvalue weighted by molar-refractivity contribution is 6.03. The maximum absolute atomic E-state index is 12.1. The van der Waals surface area contributed by atoms with E-state index < -0.39 is 11.1 Å². The monoisotopic (exact) mass is 261 g/mol. The quantitative estimate of drug-likeness (QED) is 0.772. The first-order valence-corrected chi connectivity index (χ1v) is 6.97. The highest BCUT2D eigenvalue weighted by atomic mass is 16.6. The molecule has 2 heterocycles. The summed E-state index contributed by atoms with van der Waals surface area (Å²) in [5.41, 5.74) is -0.554. The van der Waals surface area contributed by atoms with Gasteiger partial charge in [-0.3, -0.25) is 4.79 Å². The molecular weight excluding hydrogens is 242 g/mol. The number of carbonyl (C=O) groups excluding carboxylic acids is 2. The number of allylic oxidation sites excluding steroid dienone is 3. The van der Waals surface area contributed by atoms with E-state index in [0.29, 0.717) is 6.42 Å². The molecule has 0 aromatic carbocycles. The Hall–Kier alpha value is -1.58. The lowest BCUT2D eigenvalue weighted by molar-refractivity contribution is -0.211. The molecule has 2 aliphatic heterocycles. The highest BCUT2D eigenvalue weighted by Crippen LogP contribution is 2.51. The van der Waals surface area contributed by atoms with E-state index in [-0.39, 0.29) is 17.8 Å². The molecule has 19 heavy (non-hydrogen) atoms. The second-order valence-corrected chi connectivity index (χ2v) is 5.77. The fourth-order valence-corrected chi connectivity index (χ4v) is 3.52. The third-order valence-corrected chi connectivity index (χ3v) is 4.69. The first-order valence-electron chi connectivity index (χ1n) is 6.97. The Bertz CT molecular complexity index is 508. The van der Waals surface area contributed by atoms with Crippen molar-refractivity contribution >= 4 is 11.9 Å². The minimum atomic E-state index is -0.943. The first kappa shape index (κ1) is 12.5. The number of hydrogen-bond acceptors (Lipinski definition) is 3. The van der Waals surface area contributed by atoms with E-state index in [1.165, 1.54) is 0 Å². The summed E-state index contributed by atoms with van der Waals surface area (Å²) in [6, 6.07) is 0. The number of rotatable bonds is 2. The normalized spacial score (nSPS) is 42.6. The van der Waals surface area contributed by atoms with Crippen molar-refractivity contribution in [2.75, 3.05) is 0 Å². The molecular formula is C15H19NO3. The molecule has 0 aromatic rings. The van der Waals surface area contributed by atoms with E-state index in [4.69, 9.17) is 4.74 Å². The lowest BCUT2D eigenvalue weighted by Crippen LogP contribution is -2.73. The summed E-state index contributed by atoms with van der Waals surface area (Å²) in [5, 5.41) is 2.88. The minimum Gasteiger partial charge on any atom is -0.453 e. The maximum Gasteiger partial charge on any atom is 0.340 e. The lowest BCUT2D eigenvalue weighted by Gasteiger charge is -2.50. The standard InChI is InChI=1S/C15H19NO3/c1-3-11-12(17)16-15(13(18)19-14(11,15)2)9-10-7-5-4-6-8-10/h5,7,9,11H,3-4,6,8H2,1-2H3,(H,16,17)/b10-9+. The molecule has 0 spiro atoms. The van der Waals surface area contributed by atoms with E-state index in [0.717, 1.165) is 24.8 Å². The topological polar surface area (TPSA) is 55.4 Å². The molecule has 3 unspecified atom stereocenters. The largest absolute Gasteiger partial charge is 0.453 e. The molecule has 2 saturated heterocycles. The van der Waals surface area contributed by atoms with Crippen molar-refractivity contribution in [2.24, 2.45) is 5.92 Å². The van der Waals surface area contributed by atoms with E-state index in [9.17, 15) is 9.59 Å². The van der Waals surface area contributed by atoms with Gasteiger partial charge in [-0.2, -0.15) is 0 Å². The number of carbonyl (C=O) groups is 2. The van der Waals surface area contributed by atoms with Gasteiger partial charge in [-0.25, -0.2) is 4.79 Å². The van der Waals surface area contributed by atoms with Crippen molar-refractivity contribution in [1.82, 2.24) is 5.32 Å². The number of fused-ring (bicyclic) bond motifs is 1. The number of amides is 1. The van der Waals surface area contributed by atoms with Gasteiger partial charge in [-0.05, 0) is 44.3 Å². The van der Waals surface area contributed by atoms with Crippen LogP contribution in [0.15, 0.2) is 23.8 Å². The van der Waals surface area contributed by atoms with Gasteiger partial charge in [-0.15, -0.1) is 0 Å². The van der Waals surface area contributed by atoms with Crippen molar-refractivity contribution < 1.29 is 14.3 Å². The maximum atomic E-state index is 12.1. The molecule has 2 fully saturated rings. The molecule has 0 radical (unpaired) electrons. The third kappa shape index (κ3) is 1.46. The summed E-state index contributed by atoms with van der Waals surface area (Å²) < 4.78 is 5.38. The summed E-state index contributed by atoms with van der Waals surface area (Å²) in [4.78, 5) is 24.1. The van der Waals surface area contributed by atoms with Crippen LogP contribution in [-0.2, 0) is 14.3 Å². The molecule has 0 saturated carbocycles. The van der Waals surface area contributed by atoms with Crippen LogP contribution in [0.5, 0.6) is 0 Å². The summed E-state index contributed by atoms with van der Waals surface area (Å²) in [6.07, 6.45) is 9.88. The Labute approximate surface area is 112 Å². The number of hydrogen-bond donors (Lipinski definition) is 1. The Balaban J connectivity index is 2.02. The molecule has 1 amide bonds. The average Bonchev–Trinajstić information content (AvgIpc) is 2.55. The van der Waals surface area contributed by atoms with Crippen molar-refractivity contribution in [2.45, 2.75) is 50.7 Å². The van der Waals surface area contributed by atoms with Gasteiger partial charge in [0.05, 0.1) is 5.92 Å². The van der Waals surface area contributed by atoms with Gasteiger partial charge in [0.2, 0.25) is 5.91 Å². The van der Waals surface area contributed by atoms with Gasteiger partial charge in [0, 0.05) is 0 Å². The molecule has 3 aliphatic rings. The SMILES string of the molecule is CCC1C(=O)NC2(/C=C3\C=CCCC3)C(=O)OC12C. The zero-order chi connectivity index (χ0) is 13.7. The van der Waals surface area contributed by atoms with E-state index in [1.807, 2.05) is 19.9 Å². The minimum absolute atomic E-state index is 0.0764. The molecule has 0 bridgehead atoms. The fraction of sp³-hybridized carbons (Fsp3) is 0.600. The average molecular weight is 261 g/mol. The Kier molecular flexibility index (Phi) is 2.59. The second-order valence-electron chi connectivity index (χ2n) is 5.77. The van der Waals surface area contributed by atoms with Crippen LogP contribution < -0.4 is 5.32 Å². The van der Waals surface area contributed by atoms with Crippen LogP contribution in [0.25, 0.3) is 0 Å². The smallest absolute Gasteiger partial charge is 0.340 e. The summed E-state index contributed by atoms with van der Waals surface area (Å²) in [6.45, 7) is 3.81. The zero-order valence-corrected chi connectivity index (χ0v) is 11.4. The Morgan fingerprint density at radius 3 is 2.89 bits per heavy atom. The molecule has 102 valence electrons. The van der Waals surface area contributed by atoms with Gasteiger partial charge in [0.15, 0.2) is 11.1 Å². The van der Waals surface area contributed by atoms with Gasteiger partial charge in [0.25, 0.3) is 0 Å². The predicted octanol–water partition coefficient (Wildman–Crippen LogP) is 1.86. The van der Waals surface area contributed by atoms with Crippen LogP contribution in [-0.4, -0.2) is 23.0 Å². The Morgan fingerprint density at radius 2 is 2.32 bits per heavy atom. The lowest BCUT2D eigenvalue weighted by atomic mass is 9.70. The van der Waals surface area contributed by atoms with Gasteiger partial charge in [-0.1, -0.05) is 19.1 Å². The van der Waals surface area contributed by atoms with Crippen molar-refractivity contribution in [1.29, 1.82) is 0 Å². The van der Waals surface area contributed by atoms with Crippen LogP contribution in [0.3, 0.4) is 0 Å². The van der Waals surface area contributed by atoms with Crippen LogP contribution in [0.4, 0.5) is 0 Å². The number of ether oxygens (including phenoxy) is 1. The summed E-state index contributed by atoms with van der Waals surface area (Å²) in [7, 11) is 0. The van der Waals surface area contributed by atoms with Crippen LogP contribution >= 0.6 is 0 Å².